The number of halogens is 1. The fourth-order valence-electron chi connectivity index (χ4n) is 0.221. The lowest BCUT2D eigenvalue weighted by Gasteiger charge is -1.75. The van der Waals surface area contributed by atoms with E-state index < -0.39 is 0 Å². The molecule has 0 rings (SSSR count). The van der Waals surface area contributed by atoms with Gasteiger partial charge in [-0.25, -0.2) is 4.39 Å². The minimum atomic E-state index is -0.336. The molecular weight excluding hydrogens is 79.1 g/mol. The average molecular weight is 87.1 g/mol. The molecule has 0 aromatic heterocycles. The van der Waals surface area contributed by atoms with Crippen molar-refractivity contribution < 1.29 is 4.39 Å². The van der Waals surface area contributed by atoms with Gasteiger partial charge in [-0.05, 0) is 6.42 Å². The molecule has 0 amide bonds. The Morgan fingerprint density at radius 3 is 2.50 bits per heavy atom. The maximum atomic E-state index is 11.5. The molecule has 0 aliphatic rings. The number of hydrogen-bond donors (Lipinski definition) is 0. The van der Waals surface area contributed by atoms with E-state index in [-0.39, 0.29) is 5.83 Å². The van der Waals surface area contributed by atoms with Crippen LogP contribution in [0.3, 0.4) is 0 Å². The Morgan fingerprint density at radius 2 is 2.50 bits per heavy atom. The van der Waals surface area contributed by atoms with E-state index >= 15 is 0 Å². The Hall–Kier alpha value is -0.330. The summed E-state index contributed by atoms with van der Waals surface area (Å²) in [5, 5.41) is 0. The molecule has 6 heavy (non-hydrogen) atoms. The maximum absolute atomic E-state index is 11.5. The topological polar surface area (TPSA) is 0 Å². The lowest BCUT2D eigenvalue weighted by Crippen LogP contribution is -1.56. The van der Waals surface area contributed by atoms with Gasteiger partial charge in [0.15, 0.2) is 0 Å². The third-order valence-electron chi connectivity index (χ3n) is 0.426. The van der Waals surface area contributed by atoms with Crippen molar-refractivity contribution in [3.8, 4) is 0 Å². The highest BCUT2D eigenvalue weighted by Gasteiger charge is 1.73. The fraction of sp³-hybridized carbons (Fsp3) is 0.400. The van der Waals surface area contributed by atoms with Crippen molar-refractivity contribution in [2.75, 3.05) is 0 Å². The zero-order valence-electron chi connectivity index (χ0n) is 3.87. The predicted octanol–water partition coefficient (Wildman–Crippen LogP) is 2.08. The van der Waals surface area contributed by atoms with Crippen molar-refractivity contribution in [1.29, 1.82) is 0 Å². The second kappa shape index (κ2) is 2.88. The van der Waals surface area contributed by atoms with Gasteiger partial charge in [-0.3, -0.25) is 0 Å². The van der Waals surface area contributed by atoms with Gasteiger partial charge in [0.05, 0.1) is 5.83 Å². The van der Waals surface area contributed by atoms with Crippen molar-refractivity contribution in [2.45, 2.75) is 13.3 Å². The molecule has 0 aromatic rings. The number of rotatable bonds is 1. The first-order valence-corrected chi connectivity index (χ1v) is 1.95. The largest absolute Gasteiger partial charge is 0.212 e. The van der Waals surface area contributed by atoms with Crippen molar-refractivity contribution in [1.82, 2.24) is 0 Å². The van der Waals surface area contributed by atoms with Gasteiger partial charge in [-0.1, -0.05) is 13.0 Å². The van der Waals surface area contributed by atoms with Gasteiger partial charge < -0.3 is 0 Å². The molecule has 1 radical (unpaired) electrons. The van der Waals surface area contributed by atoms with Gasteiger partial charge in [-0.2, -0.15) is 0 Å². The Balaban J connectivity index is 3.14. The van der Waals surface area contributed by atoms with E-state index in [4.69, 9.17) is 0 Å². The second-order valence-corrected chi connectivity index (χ2v) is 1.06. The molecule has 0 saturated heterocycles. The van der Waals surface area contributed by atoms with Crippen molar-refractivity contribution in [3.63, 3.8) is 0 Å². The molecule has 1 heteroatoms. The molecular formula is C5H8F. The van der Waals surface area contributed by atoms with E-state index in [0.29, 0.717) is 0 Å². The summed E-state index contributed by atoms with van der Waals surface area (Å²) in [6.07, 6.45) is 2.16. The highest BCUT2D eigenvalue weighted by molar-refractivity contribution is 4.92. The van der Waals surface area contributed by atoms with Crippen LogP contribution in [0, 0.1) is 6.92 Å². The molecule has 0 aromatic carbocycles. The van der Waals surface area contributed by atoms with Crippen LogP contribution in [-0.2, 0) is 0 Å². The summed E-state index contributed by atoms with van der Waals surface area (Å²) in [6, 6.07) is 0. The van der Waals surface area contributed by atoms with Crippen LogP contribution in [0.25, 0.3) is 0 Å². The molecule has 0 unspecified atom stereocenters. The standard InChI is InChI=1S/C5H8F/c1-3-4-5(2)6/h4H,2-3H2,1H3/b5-4+. The molecule has 0 spiro atoms. The number of hydrogen-bond acceptors (Lipinski definition) is 0. The van der Waals surface area contributed by atoms with E-state index in [1.54, 1.807) is 0 Å². The Morgan fingerprint density at radius 1 is 2.00 bits per heavy atom. The molecule has 0 fully saturated rings. The first-order valence-electron chi connectivity index (χ1n) is 1.95. The fourth-order valence-corrected chi connectivity index (χ4v) is 0.221. The van der Waals surface area contributed by atoms with Gasteiger partial charge in [0.2, 0.25) is 0 Å². The van der Waals surface area contributed by atoms with Gasteiger partial charge in [-0.15, -0.1) is 0 Å². The van der Waals surface area contributed by atoms with Crippen molar-refractivity contribution in [2.24, 2.45) is 0 Å². The molecule has 0 heterocycles. The quantitative estimate of drug-likeness (QED) is 0.459. The summed E-state index contributed by atoms with van der Waals surface area (Å²) in [5.74, 6) is -0.336. The summed E-state index contributed by atoms with van der Waals surface area (Å²) < 4.78 is 11.5. The van der Waals surface area contributed by atoms with E-state index in [1.807, 2.05) is 6.92 Å². The Bertz CT molecular complexity index is 51.0. The highest BCUT2D eigenvalue weighted by Crippen LogP contribution is 1.91. The van der Waals surface area contributed by atoms with Crippen LogP contribution >= 0.6 is 0 Å². The minimum Gasteiger partial charge on any atom is -0.212 e. The average Bonchev–Trinajstić information content (AvgIpc) is 1.35. The van der Waals surface area contributed by atoms with Gasteiger partial charge in [0, 0.05) is 6.92 Å². The third kappa shape index (κ3) is 3.67. The number of allylic oxidation sites excluding steroid dienone is 2. The lowest BCUT2D eigenvalue weighted by atomic mass is 10.4. The Labute approximate surface area is 37.7 Å². The summed E-state index contributed by atoms with van der Waals surface area (Å²) in [7, 11) is 0. The molecule has 0 nitrogen and oxygen atoms in total. The monoisotopic (exact) mass is 87.1 g/mol. The minimum absolute atomic E-state index is 0.336. The van der Waals surface area contributed by atoms with Crippen LogP contribution in [-0.4, -0.2) is 0 Å². The molecule has 0 bridgehead atoms. The normalized spacial score (nSPS) is 12.2. The van der Waals surface area contributed by atoms with Crippen molar-refractivity contribution >= 4 is 0 Å². The van der Waals surface area contributed by atoms with Gasteiger partial charge in [0.25, 0.3) is 0 Å². The van der Waals surface area contributed by atoms with Crippen LogP contribution in [0.15, 0.2) is 11.9 Å². The van der Waals surface area contributed by atoms with Crippen LogP contribution in [0.2, 0.25) is 0 Å². The summed E-state index contributed by atoms with van der Waals surface area (Å²) in [4.78, 5) is 0. The third-order valence-corrected chi connectivity index (χ3v) is 0.426. The van der Waals surface area contributed by atoms with Gasteiger partial charge >= 0.3 is 0 Å². The SMILES string of the molecule is [CH2]/C(F)=C\CC. The summed E-state index contributed by atoms with van der Waals surface area (Å²) >= 11 is 0. The van der Waals surface area contributed by atoms with Gasteiger partial charge in [0.1, 0.15) is 0 Å². The molecule has 35 valence electrons. The van der Waals surface area contributed by atoms with Crippen LogP contribution in [0.4, 0.5) is 4.39 Å². The van der Waals surface area contributed by atoms with Crippen LogP contribution in [0.1, 0.15) is 13.3 Å². The molecule has 0 atom stereocenters. The summed E-state index contributed by atoms with van der Waals surface area (Å²) in [5.41, 5.74) is 0. The summed E-state index contributed by atoms with van der Waals surface area (Å²) in [6.45, 7) is 4.89. The van der Waals surface area contributed by atoms with Crippen LogP contribution < -0.4 is 0 Å². The smallest absolute Gasteiger partial charge is 0.0963 e. The van der Waals surface area contributed by atoms with Crippen molar-refractivity contribution in [3.05, 3.63) is 18.8 Å². The maximum Gasteiger partial charge on any atom is 0.0963 e. The van der Waals surface area contributed by atoms with E-state index in [0.717, 1.165) is 6.42 Å². The zero-order chi connectivity index (χ0) is 4.99. The first kappa shape index (κ1) is 5.67. The highest BCUT2D eigenvalue weighted by atomic mass is 19.1. The second-order valence-electron chi connectivity index (χ2n) is 1.06. The predicted molar refractivity (Wildman–Crippen MR) is 24.8 cm³/mol. The molecule has 0 N–H and O–H groups in total. The van der Waals surface area contributed by atoms with E-state index in [2.05, 4.69) is 6.92 Å². The Kier molecular flexibility index (Phi) is 2.73. The molecule has 0 aliphatic heterocycles. The first-order chi connectivity index (χ1) is 2.77. The molecule has 0 aliphatic carbocycles. The van der Waals surface area contributed by atoms with E-state index in [9.17, 15) is 4.39 Å². The zero-order valence-corrected chi connectivity index (χ0v) is 3.87. The lowest BCUT2D eigenvalue weighted by molar-refractivity contribution is 0.660. The molecule has 0 saturated carbocycles. The van der Waals surface area contributed by atoms with Crippen LogP contribution in [0.5, 0.6) is 0 Å². The van der Waals surface area contributed by atoms with E-state index in [1.165, 1.54) is 6.08 Å².